The Morgan fingerprint density at radius 3 is 3.17 bits per heavy atom. The Morgan fingerprint density at radius 2 is 2.58 bits per heavy atom. The number of rotatable bonds is 2. The molecule has 1 saturated heterocycles. The smallest absolute Gasteiger partial charge is 0.223 e. The number of morpholine rings is 1. The molecule has 0 aromatic heterocycles. The second-order valence-electron chi connectivity index (χ2n) is 2.79. The van der Waals surface area contributed by atoms with Crippen molar-refractivity contribution in [2.75, 3.05) is 33.4 Å². The lowest BCUT2D eigenvalue weighted by Gasteiger charge is -2.31. The molecule has 1 heterocycles. The van der Waals surface area contributed by atoms with Crippen LogP contribution in [0, 0.1) is 6.92 Å². The van der Waals surface area contributed by atoms with Crippen molar-refractivity contribution in [3.63, 3.8) is 0 Å². The summed E-state index contributed by atoms with van der Waals surface area (Å²) in [5.74, 6) is -0.139. The van der Waals surface area contributed by atoms with Crippen molar-refractivity contribution < 1.29 is 14.3 Å². The van der Waals surface area contributed by atoms with E-state index in [1.54, 1.807) is 12.0 Å². The van der Waals surface area contributed by atoms with Crippen molar-refractivity contribution in [1.82, 2.24) is 4.90 Å². The van der Waals surface area contributed by atoms with Crippen LogP contribution in [0.25, 0.3) is 0 Å². The summed E-state index contributed by atoms with van der Waals surface area (Å²) in [6.45, 7) is 5.69. The minimum absolute atomic E-state index is 0.00875. The molecule has 0 aromatic rings. The van der Waals surface area contributed by atoms with Gasteiger partial charge < -0.3 is 14.4 Å². The zero-order valence-electron chi connectivity index (χ0n) is 7.28. The van der Waals surface area contributed by atoms with Gasteiger partial charge in [0, 0.05) is 27.1 Å². The van der Waals surface area contributed by atoms with Gasteiger partial charge in [0.2, 0.25) is 5.91 Å². The van der Waals surface area contributed by atoms with Gasteiger partial charge in [-0.25, -0.2) is 0 Å². The zero-order chi connectivity index (χ0) is 8.97. The van der Waals surface area contributed by atoms with Gasteiger partial charge in [-0.05, 0) is 0 Å². The third kappa shape index (κ3) is 2.46. The Morgan fingerprint density at radius 1 is 1.83 bits per heavy atom. The van der Waals surface area contributed by atoms with Crippen LogP contribution in [0.3, 0.4) is 0 Å². The summed E-state index contributed by atoms with van der Waals surface area (Å²) < 4.78 is 10.3. The third-order valence-electron chi connectivity index (χ3n) is 1.84. The van der Waals surface area contributed by atoms with Crippen LogP contribution in [-0.4, -0.2) is 50.3 Å². The number of nitrogens with zero attached hydrogens (tertiary/aromatic N) is 1. The van der Waals surface area contributed by atoms with Gasteiger partial charge in [-0.3, -0.25) is 4.79 Å². The highest BCUT2D eigenvalue weighted by atomic mass is 16.5. The molecule has 0 N–H and O–H groups in total. The Balaban J connectivity index is 2.35. The minimum atomic E-state index is -0.139. The molecule has 1 rings (SSSR count). The molecular weight excluding hydrogens is 158 g/mol. The van der Waals surface area contributed by atoms with E-state index in [1.165, 1.54) is 0 Å². The molecule has 1 unspecified atom stereocenters. The molecule has 1 radical (unpaired) electrons. The van der Waals surface area contributed by atoms with Crippen LogP contribution in [0.5, 0.6) is 0 Å². The van der Waals surface area contributed by atoms with Crippen molar-refractivity contribution in [3.05, 3.63) is 6.92 Å². The number of carbonyl (C=O) groups is 1. The Bertz CT molecular complexity index is 158. The molecule has 1 aliphatic rings. The monoisotopic (exact) mass is 172 g/mol. The maximum absolute atomic E-state index is 10.9. The molecule has 4 heteroatoms. The number of ether oxygens (including phenoxy) is 2. The van der Waals surface area contributed by atoms with E-state index in [0.717, 1.165) is 0 Å². The average Bonchev–Trinajstić information content (AvgIpc) is 2.05. The first kappa shape index (κ1) is 9.48. The van der Waals surface area contributed by atoms with E-state index < -0.39 is 0 Å². The number of hydrogen-bond acceptors (Lipinski definition) is 3. The summed E-state index contributed by atoms with van der Waals surface area (Å²) in [5.41, 5.74) is 0. The first-order chi connectivity index (χ1) is 5.74. The Labute approximate surface area is 72.4 Å². The number of amides is 1. The van der Waals surface area contributed by atoms with Crippen LogP contribution >= 0.6 is 0 Å². The van der Waals surface area contributed by atoms with Crippen LogP contribution in [0.4, 0.5) is 0 Å². The molecule has 0 aliphatic carbocycles. The highest BCUT2D eigenvalue weighted by molar-refractivity contribution is 5.80. The molecule has 4 nitrogen and oxygen atoms in total. The van der Waals surface area contributed by atoms with Crippen molar-refractivity contribution >= 4 is 5.91 Å². The van der Waals surface area contributed by atoms with E-state index in [-0.39, 0.29) is 12.0 Å². The summed E-state index contributed by atoms with van der Waals surface area (Å²) in [6.07, 6.45) is 0.00875. The van der Waals surface area contributed by atoms with Crippen LogP contribution in [0.2, 0.25) is 0 Å². The molecule has 12 heavy (non-hydrogen) atoms. The molecule has 1 fully saturated rings. The molecular formula is C8H14NO3. The van der Waals surface area contributed by atoms with E-state index >= 15 is 0 Å². The van der Waals surface area contributed by atoms with Gasteiger partial charge >= 0.3 is 0 Å². The molecule has 0 spiro atoms. The lowest BCUT2D eigenvalue weighted by molar-refractivity contribution is -0.135. The summed E-state index contributed by atoms with van der Waals surface area (Å²) in [6, 6.07) is 0. The van der Waals surface area contributed by atoms with E-state index in [2.05, 4.69) is 6.92 Å². The minimum Gasteiger partial charge on any atom is -0.382 e. The lowest BCUT2D eigenvalue weighted by atomic mass is 10.3. The first-order valence-corrected chi connectivity index (χ1v) is 3.95. The van der Waals surface area contributed by atoms with Crippen LogP contribution < -0.4 is 0 Å². The predicted octanol–water partition coefficient (Wildman–Crippen LogP) is -0.306. The number of hydrogen-bond donors (Lipinski definition) is 0. The van der Waals surface area contributed by atoms with Gasteiger partial charge in [-0.2, -0.15) is 0 Å². The predicted molar refractivity (Wildman–Crippen MR) is 43.6 cm³/mol. The fourth-order valence-corrected chi connectivity index (χ4v) is 1.23. The summed E-state index contributed by atoms with van der Waals surface area (Å²) in [4.78, 5) is 12.5. The van der Waals surface area contributed by atoms with Crippen molar-refractivity contribution in [2.45, 2.75) is 6.10 Å². The number of methoxy groups -OCH3 is 1. The Kier molecular flexibility index (Phi) is 3.49. The highest BCUT2D eigenvalue weighted by Gasteiger charge is 2.21. The van der Waals surface area contributed by atoms with Crippen LogP contribution in [-0.2, 0) is 14.3 Å². The van der Waals surface area contributed by atoms with Crippen LogP contribution in [0.1, 0.15) is 0 Å². The summed E-state index contributed by atoms with van der Waals surface area (Å²) >= 11 is 0. The van der Waals surface area contributed by atoms with E-state index in [9.17, 15) is 4.79 Å². The fraction of sp³-hybridized carbons (Fsp3) is 0.750. The highest BCUT2D eigenvalue weighted by Crippen LogP contribution is 2.04. The second-order valence-corrected chi connectivity index (χ2v) is 2.79. The van der Waals surface area contributed by atoms with Gasteiger partial charge in [0.05, 0.1) is 19.3 Å². The maximum atomic E-state index is 10.9. The molecule has 0 saturated carbocycles. The average molecular weight is 172 g/mol. The largest absolute Gasteiger partial charge is 0.382 e. The topological polar surface area (TPSA) is 38.8 Å². The lowest BCUT2D eigenvalue weighted by Crippen LogP contribution is -2.46. The van der Waals surface area contributed by atoms with Gasteiger partial charge in [0.1, 0.15) is 0 Å². The van der Waals surface area contributed by atoms with Gasteiger partial charge in [-0.1, -0.05) is 0 Å². The molecule has 1 amide bonds. The van der Waals surface area contributed by atoms with Gasteiger partial charge in [0.25, 0.3) is 0 Å². The third-order valence-corrected chi connectivity index (χ3v) is 1.84. The van der Waals surface area contributed by atoms with E-state index in [4.69, 9.17) is 9.47 Å². The SMILES string of the molecule is [CH2]C(=O)N1CCOC(COC)C1. The fourth-order valence-electron chi connectivity index (χ4n) is 1.23. The maximum Gasteiger partial charge on any atom is 0.223 e. The van der Waals surface area contributed by atoms with Crippen molar-refractivity contribution in [2.24, 2.45) is 0 Å². The molecule has 69 valence electrons. The van der Waals surface area contributed by atoms with Gasteiger partial charge in [0.15, 0.2) is 0 Å². The van der Waals surface area contributed by atoms with Crippen LogP contribution in [0.15, 0.2) is 0 Å². The van der Waals surface area contributed by atoms with Gasteiger partial charge in [-0.15, -0.1) is 0 Å². The van der Waals surface area contributed by atoms with E-state index in [0.29, 0.717) is 26.3 Å². The quantitative estimate of drug-likeness (QED) is 0.573. The number of carbonyl (C=O) groups excluding carboxylic acids is 1. The summed E-state index contributed by atoms with van der Waals surface area (Å²) in [5, 5.41) is 0. The summed E-state index contributed by atoms with van der Waals surface area (Å²) in [7, 11) is 1.62. The van der Waals surface area contributed by atoms with Crippen molar-refractivity contribution in [3.8, 4) is 0 Å². The first-order valence-electron chi connectivity index (χ1n) is 3.95. The molecule has 1 aliphatic heterocycles. The Hall–Kier alpha value is -0.610. The molecule has 0 bridgehead atoms. The molecule has 1 atom stereocenters. The second kappa shape index (κ2) is 4.42. The zero-order valence-corrected chi connectivity index (χ0v) is 7.28. The molecule has 0 aromatic carbocycles. The normalized spacial score (nSPS) is 24.2. The van der Waals surface area contributed by atoms with E-state index in [1.807, 2.05) is 0 Å². The standard InChI is InChI=1S/C8H14NO3/c1-7(10)9-3-4-12-8(5-9)6-11-2/h8H,1,3-6H2,2H3. The van der Waals surface area contributed by atoms with Crippen molar-refractivity contribution in [1.29, 1.82) is 0 Å².